The first kappa shape index (κ1) is 22.4. The van der Waals surface area contributed by atoms with Crippen LogP contribution in [0.1, 0.15) is 24.4 Å². The molecule has 2 N–H and O–H groups in total. The second-order valence-electron chi connectivity index (χ2n) is 7.32. The molecular weight excluding hydrogens is 456 g/mol. The van der Waals surface area contributed by atoms with E-state index in [-0.39, 0.29) is 28.3 Å². The van der Waals surface area contributed by atoms with E-state index >= 15 is 0 Å². The number of rotatable bonds is 7. The summed E-state index contributed by atoms with van der Waals surface area (Å²) in [6.07, 6.45) is 2.48. The predicted molar refractivity (Wildman–Crippen MR) is 114 cm³/mol. The normalized spacial score (nSPS) is 14.1. The monoisotopic (exact) mass is 473 g/mol. The Bertz CT molecular complexity index is 1350. The molecule has 10 nitrogen and oxygen atoms in total. The van der Waals surface area contributed by atoms with Crippen LogP contribution in [0.5, 0.6) is 0 Å². The fourth-order valence-corrected chi connectivity index (χ4v) is 3.92. The van der Waals surface area contributed by atoms with E-state index in [0.717, 1.165) is 12.1 Å². The van der Waals surface area contributed by atoms with Gasteiger partial charge in [-0.1, -0.05) is 6.07 Å². The van der Waals surface area contributed by atoms with Crippen LogP contribution in [0.3, 0.4) is 0 Å². The minimum absolute atomic E-state index is 0.0845. The van der Waals surface area contributed by atoms with Gasteiger partial charge in [-0.05, 0) is 37.3 Å². The van der Waals surface area contributed by atoms with Crippen molar-refractivity contribution >= 4 is 17.9 Å². The Balaban J connectivity index is 1.77. The highest BCUT2D eigenvalue weighted by Crippen LogP contribution is 2.37. The van der Waals surface area contributed by atoms with Gasteiger partial charge in [0.25, 0.3) is 5.69 Å². The van der Waals surface area contributed by atoms with E-state index in [1.807, 2.05) is 0 Å². The summed E-state index contributed by atoms with van der Waals surface area (Å²) in [5.74, 6) is -1.53. The Kier molecular flexibility index (Phi) is 5.82. The van der Waals surface area contributed by atoms with Gasteiger partial charge in [0, 0.05) is 35.9 Å². The Hall–Kier alpha value is -3.84. The zero-order chi connectivity index (χ0) is 23.8. The minimum Gasteiger partial charge on any atom is -0.382 e. The number of halogens is 2. The van der Waals surface area contributed by atoms with Crippen LogP contribution in [-0.2, 0) is 12.0 Å². The maximum atomic E-state index is 14.8. The molecule has 2 aromatic heterocycles. The second kappa shape index (κ2) is 8.60. The van der Waals surface area contributed by atoms with Gasteiger partial charge in [0.1, 0.15) is 29.9 Å². The molecule has 170 valence electrons. The van der Waals surface area contributed by atoms with Crippen LogP contribution in [0.15, 0.2) is 55.1 Å². The number of nitro benzene ring substituents is 1. The standard InChI is InChI=1S/C20H17F2N7O3S/c1-12(28-19(33)27(11-25-28)14-3-5-15(6-4-14)29(31)32)20(30,9-18-23-10-24-26-18)16-7-2-13(21)8-17(16)22/h2-8,10-12,30H,9H2,1H3,(H,23,24,26)/t12-,20+/m1/s1. The first-order valence-corrected chi connectivity index (χ1v) is 10.0. The fourth-order valence-electron chi connectivity index (χ4n) is 3.57. The van der Waals surface area contributed by atoms with Gasteiger partial charge in [-0.15, -0.1) is 0 Å². The predicted octanol–water partition coefficient (Wildman–Crippen LogP) is 3.40. The molecule has 0 saturated heterocycles. The number of nitrogens with one attached hydrogen (secondary N) is 1. The lowest BCUT2D eigenvalue weighted by Gasteiger charge is -2.34. The second-order valence-corrected chi connectivity index (χ2v) is 7.68. The van der Waals surface area contributed by atoms with Crippen LogP contribution in [0, 0.1) is 26.5 Å². The molecule has 4 aromatic rings. The van der Waals surface area contributed by atoms with E-state index in [1.54, 1.807) is 6.92 Å². The van der Waals surface area contributed by atoms with Crippen molar-refractivity contribution in [1.82, 2.24) is 29.5 Å². The summed E-state index contributed by atoms with van der Waals surface area (Å²) in [4.78, 5) is 14.4. The lowest BCUT2D eigenvalue weighted by atomic mass is 9.83. The third-order valence-electron chi connectivity index (χ3n) is 5.38. The molecule has 2 heterocycles. The molecule has 4 rings (SSSR count). The number of aromatic nitrogens is 6. The zero-order valence-electron chi connectivity index (χ0n) is 17.1. The summed E-state index contributed by atoms with van der Waals surface area (Å²) >= 11 is 5.52. The number of aromatic amines is 1. The lowest BCUT2D eigenvalue weighted by molar-refractivity contribution is -0.384. The molecule has 0 spiro atoms. The van der Waals surface area contributed by atoms with Crippen molar-refractivity contribution in [1.29, 1.82) is 0 Å². The van der Waals surface area contributed by atoms with Crippen molar-refractivity contribution in [3.05, 3.63) is 93.0 Å². The van der Waals surface area contributed by atoms with Crippen LogP contribution < -0.4 is 0 Å². The first-order chi connectivity index (χ1) is 15.7. The molecule has 2 atom stereocenters. The van der Waals surface area contributed by atoms with Crippen LogP contribution in [0.2, 0.25) is 0 Å². The highest BCUT2D eigenvalue weighted by atomic mass is 32.1. The highest BCUT2D eigenvalue weighted by molar-refractivity contribution is 7.71. The van der Waals surface area contributed by atoms with Gasteiger partial charge in [-0.2, -0.15) is 10.2 Å². The average Bonchev–Trinajstić information content (AvgIpc) is 3.42. The summed E-state index contributed by atoms with van der Waals surface area (Å²) in [7, 11) is 0. The third kappa shape index (κ3) is 4.15. The maximum Gasteiger partial charge on any atom is 0.269 e. The molecule has 2 aromatic carbocycles. The maximum absolute atomic E-state index is 14.8. The van der Waals surface area contributed by atoms with Crippen molar-refractivity contribution in [3.63, 3.8) is 0 Å². The smallest absolute Gasteiger partial charge is 0.269 e. The number of nitro groups is 1. The SMILES string of the molecule is C[C@@H](n1ncn(-c2ccc([N+](=O)[O-])cc2)c1=S)[C@@](O)(Cc1nc[nH]n1)c1ccc(F)cc1F. The van der Waals surface area contributed by atoms with Gasteiger partial charge in [0.2, 0.25) is 4.77 Å². The molecule has 0 fully saturated rings. The molecule has 33 heavy (non-hydrogen) atoms. The Morgan fingerprint density at radius 1 is 1.27 bits per heavy atom. The van der Waals surface area contributed by atoms with Crippen molar-refractivity contribution in [2.75, 3.05) is 0 Å². The van der Waals surface area contributed by atoms with Gasteiger partial charge in [0.15, 0.2) is 5.82 Å². The van der Waals surface area contributed by atoms with Gasteiger partial charge >= 0.3 is 0 Å². The third-order valence-corrected chi connectivity index (χ3v) is 5.76. The van der Waals surface area contributed by atoms with E-state index in [4.69, 9.17) is 12.2 Å². The highest BCUT2D eigenvalue weighted by Gasteiger charge is 2.41. The van der Waals surface area contributed by atoms with Crippen molar-refractivity contribution in [3.8, 4) is 5.69 Å². The number of aliphatic hydroxyl groups is 1. The van der Waals surface area contributed by atoms with Crippen molar-refractivity contribution < 1.29 is 18.8 Å². The number of hydrogen-bond donors (Lipinski definition) is 2. The summed E-state index contributed by atoms with van der Waals surface area (Å²) in [5.41, 5.74) is -1.70. The number of benzene rings is 2. The van der Waals surface area contributed by atoms with Crippen molar-refractivity contribution in [2.24, 2.45) is 0 Å². The lowest BCUT2D eigenvalue weighted by Crippen LogP contribution is -2.39. The van der Waals surface area contributed by atoms with Gasteiger partial charge in [-0.3, -0.25) is 19.8 Å². The Morgan fingerprint density at radius 2 is 2.00 bits per heavy atom. The fraction of sp³-hybridized carbons (Fsp3) is 0.200. The quantitative estimate of drug-likeness (QED) is 0.239. The van der Waals surface area contributed by atoms with E-state index < -0.39 is 28.2 Å². The summed E-state index contributed by atoms with van der Waals surface area (Å²) < 4.78 is 31.2. The Labute approximate surface area is 190 Å². The van der Waals surface area contributed by atoms with E-state index in [0.29, 0.717) is 11.8 Å². The zero-order valence-corrected chi connectivity index (χ0v) is 17.9. The minimum atomic E-state index is -1.95. The van der Waals surface area contributed by atoms with Crippen LogP contribution in [0.25, 0.3) is 5.69 Å². The molecule has 0 aliphatic rings. The van der Waals surface area contributed by atoms with Crippen molar-refractivity contribution in [2.45, 2.75) is 25.0 Å². The summed E-state index contributed by atoms with van der Waals surface area (Å²) in [6, 6.07) is 7.60. The molecule has 13 heteroatoms. The van der Waals surface area contributed by atoms with Crippen LogP contribution >= 0.6 is 12.2 Å². The molecule has 0 saturated carbocycles. The van der Waals surface area contributed by atoms with Crippen LogP contribution in [0.4, 0.5) is 14.5 Å². The average molecular weight is 473 g/mol. The molecule has 0 radical (unpaired) electrons. The van der Waals surface area contributed by atoms with Gasteiger partial charge < -0.3 is 5.11 Å². The van der Waals surface area contributed by atoms with E-state index in [2.05, 4.69) is 20.3 Å². The Morgan fingerprint density at radius 3 is 2.61 bits per heavy atom. The number of non-ortho nitro benzene ring substituents is 1. The largest absolute Gasteiger partial charge is 0.382 e. The molecule has 0 bridgehead atoms. The van der Waals surface area contributed by atoms with Gasteiger partial charge in [0.05, 0.1) is 11.0 Å². The molecule has 0 aliphatic carbocycles. The topological polar surface area (TPSA) is 128 Å². The number of hydrogen-bond acceptors (Lipinski definition) is 7. The van der Waals surface area contributed by atoms with Gasteiger partial charge in [-0.25, -0.2) is 18.4 Å². The summed E-state index contributed by atoms with van der Waals surface area (Å²) in [5, 5.41) is 33.3. The molecule has 0 amide bonds. The number of H-pyrrole nitrogens is 1. The molecular formula is C20H17F2N7O3S. The summed E-state index contributed by atoms with van der Waals surface area (Å²) in [6.45, 7) is 1.58. The van der Waals surface area contributed by atoms with Crippen LogP contribution in [-0.4, -0.2) is 39.6 Å². The van der Waals surface area contributed by atoms with E-state index in [1.165, 1.54) is 46.2 Å². The molecule has 0 unspecified atom stereocenters. The molecule has 0 aliphatic heterocycles. The first-order valence-electron chi connectivity index (χ1n) is 9.64. The van der Waals surface area contributed by atoms with E-state index in [9.17, 15) is 24.0 Å². The number of nitrogens with zero attached hydrogens (tertiary/aromatic N) is 6.